The van der Waals surface area contributed by atoms with Crippen LogP contribution in [0.25, 0.3) is 5.52 Å². The molecule has 1 aliphatic heterocycles. The highest BCUT2D eigenvalue weighted by Crippen LogP contribution is 2.68. The lowest BCUT2D eigenvalue weighted by molar-refractivity contribution is -0.0816. The second-order valence-corrected chi connectivity index (χ2v) is 15.3. The van der Waals surface area contributed by atoms with Gasteiger partial charge in [-0.05, 0) is 49.2 Å². The molecule has 2 aliphatic rings. The summed E-state index contributed by atoms with van der Waals surface area (Å²) in [6, 6.07) is 9.15. The Morgan fingerprint density at radius 2 is 1.76 bits per heavy atom. The van der Waals surface area contributed by atoms with Gasteiger partial charge in [-0.15, -0.1) is 0 Å². The minimum Gasteiger partial charge on any atom is -0.387 e. The van der Waals surface area contributed by atoms with E-state index in [1.54, 1.807) is 12.1 Å². The Hall–Kier alpha value is -2.99. The number of aliphatic hydroxyl groups excluding tert-OH is 1. The maximum Gasteiger partial charge on any atom is 0.472 e. The molecule has 13 nitrogen and oxygen atoms in total. The van der Waals surface area contributed by atoms with E-state index in [9.17, 15) is 29.3 Å². The number of ether oxygens (including phenoxy) is 2. The van der Waals surface area contributed by atoms with Gasteiger partial charge in [-0.2, -0.15) is 10.4 Å². The maximum atomic E-state index is 14.0. The first-order valence-corrected chi connectivity index (χ1v) is 19.6. The SMILES string of the molecule is CCCCCCCCCCCCCC[C@@H](COP(=O)(O)OC1[C@@]2(C)O[C@@H](c3ccc4c(N)ncnn34)[C@H](O)[C@@]12O)OCc1cc(F)cc(C#N)c1. The first kappa shape index (κ1) is 39.2. The molecule has 3 aromatic rings. The molecule has 5 rings (SSSR count). The molecule has 15 heteroatoms. The van der Waals surface area contributed by atoms with E-state index in [1.807, 2.05) is 6.07 Å². The molecule has 1 aromatic carbocycles. The minimum atomic E-state index is -4.79. The average Bonchev–Trinajstić information content (AvgIpc) is 3.36. The van der Waals surface area contributed by atoms with Crippen LogP contribution >= 0.6 is 7.82 Å². The summed E-state index contributed by atoms with van der Waals surface area (Å²) in [6.07, 6.45) is 11.3. The van der Waals surface area contributed by atoms with Crippen molar-refractivity contribution in [2.75, 3.05) is 12.3 Å². The van der Waals surface area contributed by atoms with Gasteiger partial charge in [0.15, 0.2) is 11.4 Å². The number of hydrogen-bond donors (Lipinski definition) is 4. The summed E-state index contributed by atoms with van der Waals surface area (Å²) in [7, 11) is -4.79. The number of aromatic nitrogens is 3. The topological polar surface area (TPSA) is 195 Å². The van der Waals surface area contributed by atoms with Crippen molar-refractivity contribution >= 4 is 19.2 Å². The van der Waals surface area contributed by atoms with E-state index in [2.05, 4.69) is 17.0 Å². The number of anilines is 1. The monoisotopic (exact) mass is 731 g/mol. The van der Waals surface area contributed by atoms with Crippen molar-refractivity contribution in [2.45, 2.75) is 140 Å². The largest absolute Gasteiger partial charge is 0.472 e. The molecule has 0 bridgehead atoms. The highest BCUT2D eigenvalue weighted by Gasteiger charge is 2.87. The number of halogens is 1. The molecule has 1 aliphatic carbocycles. The Balaban J connectivity index is 1.13. The molecule has 0 amide bonds. The number of nitrogens with two attached hydrogens (primary N) is 1. The number of nitrogens with zero attached hydrogens (tertiary/aromatic N) is 4. The lowest BCUT2D eigenvalue weighted by atomic mass is 10.0. The molecule has 0 radical (unpaired) electrons. The molecule has 5 N–H and O–H groups in total. The number of phosphoric acid groups is 1. The van der Waals surface area contributed by atoms with Crippen molar-refractivity contribution in [1.29, 1.82) is 5.26 Å². The molecule has 1 saturated carbocycles. The molecule has 51 heavy (non-hydrogen) atoms. The third-order valence-electron chi connectivity index (χ3n) is 10.1. The first-order valence-electron chi connectivity index (χ1n) is 18.1. The standard InChI is InChI=1S/C36H51FN5O8P/c1-3-4-5-6-7-8-9-10-11-12-13-14-15-28(47-22-26-18-25(21-38)19-27(37)20-26)23-48-51(45,46)50-34-35(2)36(34,44)32(43)31(49-35)29-16-17-30-33(39)40-24-41-42(29)30/h16-20,24,28,31-32,34,43-44H,3-15,22-23H2,1-2H3,(H,45,46)(H2,39,40,41)/t28-,31-,32-,34?,35+,36+/m0/s1. The zero-order valence-corrected chi connectivity index (χ0v) is 30.3. The van der Waals surface area contributed by atoms with Gasteiger partial charge in [0.2, 0.25) is 0 Å². The van der Waals surface area contributed by atoms with Crippen LogP contribution in [0.15, 0.2) is 36.7 Å². The fraction of sp³-hybridized carbons (Fsp3) is 0.639. The second kappa shape index (κ2) is 17.2. The van der Waals surface area contributed by atoms with Crippen molar-refractivity contribution in [3.63, 3.8) is 0 Å². The number of unbranched alkanes of at least 4 members (excludes halogenated alkanes) is 11. The third kappa shape index (κ3) is 9.15. The van der Waals surface area contributed by atoms with Gasteiger partial charge in [-0.3, -0.25) is 9.05 Å². The van der Waals surface area contributed by atoms with E-state index in [0.29, 0.717) is 23.2 Å². The molecule has 2 unspecified atom stereocenters. The van der Waals surface area contributed by atoms with Gasteiger partial charge in [0.1, 0.15) is 41.6 Å². The van der Waals surface area contributed by atoms with Crippen molar-refractivity contribution in [2.24, 2.45) is 0 Å². The summed E-state index contributed by atoms with van der Waals surface area (Å²) in [4.78, 5) is 14.7. The number of phosphoric ester groups is 1. The van der Waals surface area contributed by atoms with Crippen LogP contribution in [-0.4, -0.2) is 65.8 Å². The highest BCUT2D eigenvalue weighted by atomic mass is 31.2. The van der Waals surface area contributed by atoms with E-state index in [4.69, 9.17) is 24.3 Å². The second-order valence-electron chi connectivity index (χ2n) is 13.9. The summed E-state index contributed by atoms with van der Waals surface area (Å²) in [5, 5.41) is 36.0. The Kier molecular flexibility index (Phi) is 13.2. The van der Waals surface area contributed by atoms with E-state index in [1.165, 1.54) is 81.3 Å². The summed E-state index contributed by atoms with van der Waals surface area (Å²) in [5.41, 5.74) is 3.89. The predicted octanol–water partition coefficient (Wildman–Crippen LogP) is 6.44. The minimum absolute atomic E-state index is 0.0395. The average molecular weight is 732 g/mol. The Morgan fingerprint density at radius 3 is 2.39 bits per heavy atom. The predicted molar refractivity (Wildman–Crippen MR) is 187 cm³/mol. The van der Waals surface area contributed by atoms with Crippen molar-refractivity contribution in [3.05, 3.63) is 59.3 Å². The molecule has 2 fully saturated rings. The van der Waals surface area contributed by atoms with Gasteiger partial charge in [0.05, 0.1) is 36.6 Å². The normalized spacial score (nSPS) is 25.8. The zero-order chi connectivity index (χ0) is 36.6. The molecule has 7 atom stereocenters. The lowest BCUT2D eigenvalue weighted by Gasteiger charge is -2.24. The molecule has 280 valence electrons. The first-order chi connectivity index (χ1) is 24.4. The van der Waals surface area contributed by atoms with Gasteiger partial charge in [0.25, 0.3) is 0 Å². The number of hydrogen-bond acceptors (Lipinski definition) is 11. The van der Waals surface area contributed by atoms with Crippen LogP contribution in [0.5, 0.6) is 0 Å². The number of aliphatic hydroxyl groups is 2. The van der Waals surface area contributed by atoms with Crippen LogP contribution in [0, 0.1) is 17.1 Å². The van der Waals surface area contributed by atoms with Gasteiger partial charge in [0, 0.05) is 0 Å². The van der Waals surface area contributed by atoms with Crippen LogP contribution in [0.2, 0.25) is 0 Å². The van der Waals surface area contributed by atoms with Crippen molar-refractivity contribution < 1.29 is 42.6 Å². The summed E-state index contributed by atoms with van der Waals surface area (Å²) >= 11 is 0. The molecular weight excluding hydrogens is 680 g/mol. The van der Waals surface area contributed by atoms with Gasteiger partial charge < -0.3 is 30.3 Å². The third-order valence-corrected chi connectivity index (χ3v) is 11.1. The number of rotatable bonds is 22. The number of fused-ring (bicyclic) bond motifs is 2. The van der Waals surface area contributed by atoms with Crippen LogP contribution in [-0.2, 0) is 29.7 Å². The number of nitriles is 1. The van der Waals surface area contributed by atoms with Crippen LogP contribution in [0.4, 0.5) is 10.2 Å². The molecule has 1 saturated heterocycles. The highest BCUT2D eigenvalue weighted by molar-refractivity contribution is 7.47. The Morgan fingerprint density at radius 1 is 1.10 bits per heavy atom. The van der Waals surface area contributed by atoms with Gasteiger partial charge >= 0.3 is 7.82 Å². The molecule has 3 heterocycles. The quantitative estimate of drug-likeness (QED) is 0.0654. The fourth-order valence-corrected chi connectivity index (χ4v) is 8.14. The molecule has 0 spiro atoms. The van der Waals surface area contributed by atoms with Crippen LogP contribution < -0.4 is 5.73 Å². The smallest absolute Gasteiger partial charge is 0.387 e. The number of benzene rings is 1. The van der Waals surface area contributed by atoms with Gasteiger partial charge in [-0.25, -0.2) is 18.5 Å². The van der Waals surface area contributed by atoms with Crippen molar-refractivity contribution in [1.82, 2.24) is 14.6 Å². The van der Waals surface area contributed by atoms with Gasteiger partial charge in [-0.1, -0.05) is 84.0 Å². The van der Waals surface area contributed by atoms with E-state index < -0.39 is 49.3 Å². The van der Waals surface area contributed by atoms with Crippen molar-refractivity contribution in [3.8, 4) is 6.07 Å². The summed E-state index contributed by atoms with van der Waals surface area (Å²) < 4.78 is 51.5. The summed E-state index contributed by atoms with van der Waals surface area (Å²) in [5.74, 6) is -0.340. The molecular formula is C36H51FN5O8P. The molecule has 2 aromatic heterocycles. The zero-order valence-electron chi connectivity index (χ0n) is 29.5. The van der Waals surface area contributed by atoms with Crippen LogP contribution in [0.3, 0.4) is 0 Å². The lowest BCUT2D eigenvalue weighted by Crippen LogP contribution is -2.35. The fourth-order valence-electron chi connectivity index (χ4n) is 7.10. The Labute approximate surface area is 298 Å². The maximum absolute atomic E-state index is 14.0. The Bertz CT molecular complexity index is 1710. The van der Waals surface area contributed by atoms with E-state index >= 15 is 0 Å². The van der Waals surface area contributed by atoms with E-state index in [0.717, 1.165) is 31.7 Å². The van der Waals surface area contributed by atoms with E-state index in [-0.39, 0.29) is 24.6 Å². The number of nitrogen functional groups attached to an aromatic ring is 1. The summed E-state index contributed by atoms with van der Waals surface area (Å²) in [6.45, 7) is 3.34. The van der Waals surface area contributed by atoms with Crippen LogP contribution in [0.1, 0.15) is 120 Å².